The fourth-order valence-electron chi connectivity index (χ4n) is 1.78. The zero-order valence-electron chi connectivity index (χ0n) is 11.7. The van der Waals surface area contributed by atoms with Gasteiger partial charge in [-0.15, -0.1) is 0 Å². The van der Waals surface area contributed by atoms with Crippen LogP contribution in [0.4, 0.5) is 5.95 Å². The molecule has 2 aromatic rings. The van der Waals surface area contributed by atoms with Gasteiger partial charge in [-0.2, -0.15) is 4.68 Å². The maximum absolute atomic E-state index is 9.57. The number of ether oxygens (including phenoxy) is 1. The molecule has 0 radical (unpaired) electrons. The predicted molar refractivity (Wildman–Crippen MR) is 74.9 cm³/mol. The highest BCUT2D eigenvalue weighted by Crippen LogP contribution is 2.12. The molecule has 7 heteroatoms. The summed E-state index contributed by atoms with van der Waals surface area (Å²) in [6.45, 7) is 2.92. The number of aromatic nitrogens is 4. The minimum Gasteiger partial charge on any atom is -0.391 e. The summed E-state index contributed by atoms with van der Waals surface area (Å²) in [6.07, 6.45) is 0.0745. The Bertz CT molecular complexity index is 526. The lowest BCUT2D eigenvalue weighted by Crippen LogP contribution is -2.19. The number of benzene rings is 1. The second kappa shape index (κ2) is 6.97. The van der Waals surface area contributed by atoms with E-state index in [-0.39, 0.29) is 0 Å². The monoisotopic (exact) mass is 277 g/mol. The number of hydrogen-bond acceptors (Lipinski definition) is 6. The highest BCUT2D eigenvalue weighted by atomic mass is 16.5. The van der Waals surface area contributed by atoms with Gasteiger partial charge in [-0.25, -0.2) is 0 Å². The lowest BCUT2D eigenvalue weighted by molar-refractivity contribution is 0.0615. The van der Waals surface area contributed by atoms with Gasteiger partial charge in [0.2, 0.25) is 5.95 Å². The summed E-state index contributed by atoms with van der Waals surface area (Å²) >= 11 is 0. The van der Waals surface area contributed by atoms with Crippen LogP contribution in [0.15, 0.2) is 24.3 Å². The summed E-state index contributed by atoms with van der Waals surface area (Å²) in [7, 11) is 1.56. The zero-order valence-corrected chi connectivity index (χ0v) is 11.7. The Kier molecular flexibility index (Phi) is 5.03. The van der Waals surface area contributed by atoms with E-state index in [2.05, 4.69) is 20.8 Å². The van der Waals surface area contributed by atoms with Crippen LogP contribution in [0, 0.1) is 6.92 Å². The van der Waals surface area contributed by atoms with Crippen LogP contribution in [0.3, 0.4) is 0 Å². The lowest BCUT2D eigenvalue weighted by Gasteiger charge is -2.10. The van der Waals surface area contributed by atoms with Crippen LogP contribution < -0.4 is 5.32 Å². The van der Waals surface area contributed by atoms with Gasteiger partial charge in [0.1, 0.15) is 0 Å². The normalized spacial score (nSPS) is 12.3. The molecule has 0 fully saturated rings. The van der Waals surface area contributed by atoms with Crippen molar-refractivity contribution in [3.63, 3.8) is 0 Å². The van der Waals surface area contributed by atoms with E-state index >= 15 is 0 Å². The third-order valence-electron chi connectivity index (χ3n) is 2.87. The standard InChI is InChI=1S/C13H19N5O2/c1-10-3-5-11(6-4-10)18-13(15-16-17-18)14-8-7-12(19)9-20-2/h3-6,12,19H,7-9H2,1-2H3,(H,14,15,17). The molecule has 2 N–H and O–H groups in total. The van der Waals surface area contributed by atoms with Gasteiger partial charge in [-0.1, -0.05) is 22.8 Å². The van der Waals surface area contributed by atoms with Gasteiger partial charge < -0.3 is 15.2 Å². The summed E-state index contributed by atoms with van der Waals surface area (Å²) in [5.41, 5.74) is 2.07. The average Bonchev–Trinajstić information content (AvgIpc) is 2.88. The first-order chi connectivity index (χ1) is 9.70. The molecule has 108 valence electrons. The number of hydrogen-bond donors (Lipinski definition) is 2. The van der Waals surface area contributed by atoms with Gasteiger partial charge in [0.15, 0.2) is 0 Å². The first kappa shape index (κ1) is 14.4. The molecule has 0 amide bonds. The van der Waals surface area contributed by atoms with Crippen molar-refractivity contribution in [2.75, 3.05) is 25.6 Å². The van der Waals surface area contributed by atoms with E-state index in [1.807, 2.05) is 31.2 Å². The molecule has 1 unspecified atom stereocenters. The van der Waals surface area contributed by atoms with Crippen LogP contribution in [-0.4, -0.2) is 51.7 Å². The molecule has 1 heterocycles. The van der Waals surface area contributed by atoms with Crippen molar-refractivity contribution in [3.05, 3.63) is 29.8 Å². The van der Waals surface area contributed by atoms with Crippen LogP contribution in [0.1, 0.15) is 12.0 Å². The fourth-order valence-corrected chi connectivity index (χ4v) is 1.78. The summed E-state index contributed by atoms with van der Waals surface area (Å²) in [5, 5.41) is 24.2. The van der Waals surface area contributed by atoms with E-state index in [1.165, 1.54) is 5.56 Å². The predicted octanol–water partition coefficient (Wildman–Crippen LogP) is 0.780. The summed E-state index contributed by atoms with van der Waals surface area (Å²) in [6, 6.07) is 7.92. The number of methoxy groups -OCH3 is 1. The Hall–Kier alpha value is -1.99. The molecule has 2 rings (SSSR count). The number of aryl methyl sites for hydroxylation is 1. The number of aliphatic hydroxyl groups excluding tert-OH is 1. The Balaban J connectivity index is 1.97. The van der Waals surface area contributed by atoms with Crippen molar-refractivity contribution in [3.8, 4) is 5.69 Å². The lowest BCUT2D eigenvalue weighted by atomic mass is 10.2. The number of rotatable bonds is 7. The highest BCUT2D eigenvalue weighted by Gasteiger charge is 2.08. The first-order valence-corrected chi connectivity index (χ1v) is 6.47. The minimum atomic E-state index is -0.490. The molecular formula is C13H19N5O2. The number of anilines is 1. The van der Waals surface area contributed by atoms with Crippen LogP contribution in [0.25, 0.3) is 5.69 Å². The second-order valence-corrected chi connectivity index (χ2v) is 4.57. The van der Waals surface area contributed by atoms with Crippen molar-refractivity contribution in [2.45, 2.75) is 19.4 Å². The van der Waals surface area contributed by atoms with Gasteiger partial charge >= 0.3 is 0 Å². The quantitative estimate of drug-likeness (QED) is 0.778. The van der Waals surface area contributed by atoms with Crippen molar-refractivity contribution in [1.29, 1.82) is 0 Å². The van der Waals surface area contributed by atoms with Gasteiger partial charge in [-0.05, 0) is 35.9 Å². The molecule has 7 nitrogen and oxygen atoms in total. The Morgan fingerprint density at radius 2 is 2.10 bits per heavy atom. The van der Waals surface area contributed by atoms with Gasteiger partial charge in [0.05, 0.1) is 18.4 Å². The maximum Gasteiger partial charge on any atom is 0.247 e. The zero-order chi connectivity index (χ0) is 14.4. The molecule has 0 saturated carbocycles. The maximum atomic E-state index is 9.57. The third kappa shape index (κ3) is 3.75. The Morgan fingerprint density at radius 1 is 1.35 bits per heavy atom. The summed E-state index contributed by atoms with van der Waals surface area (Å²) in [5.74, 6) is 0.554. The average molecular weight is 277 g/mol. The topological polar surface area (TPSA) is 85.1 Å². The number of nitrogens with zero attached hydrogens (tertiary/aromatic N) is 4. The Labute approximate surface area is 117 Å². The highest BCUT2D eigenvalue weighted by molar-refractivity contribution is 5.39. The van der Waals surface area contributed by atoms with Crippen molar-refractivity contribution < 1.29 is 9.84 Å². The largest absolute Gasteiger partial charge is 0.391 e. The number of tetrazole rings is 1. The number of nitrogens with one attached hydrogen (secondary N) is 1. The molecular weight excluding hydrogens is 258 g/mol. The van der Waals surface area contributed by atoms with E-state index in [1.54, 1.807) is 11.8 Å². The second-order valence-electron chi connectivity index (χ2n) is 4.57. The van der Waals surface area contributed by atoms with E-state index in [4.69, 9.17) is 4.74 Å². The van der Waals surface area contributed by atoms with Crippen LogP contribution in [0.2, 0.25) is 0 Å². The summed E-state index contributed by atoms with van der Waals surface area (Å²) in [4.78, 5) is 0. The van der Waals surface area contributed by atoms with Crippen molar-refractivity contribution in [1.82, 2.24) is 20.2 Å². The molecule has 1 aromatic heterocycles. The fraction of sp³-hybridized carbons (Fsp3) is 0.462. The number of aliphatic hydroxyl groups is 1. The van der Waals surface area contributed by atoms with E-state index in [0.717, 1.165) is 5.69 Å². The van der Waals surface area contributed by atoms with Gasteiger partial charge in [-0.3, -0.25) is 0 Å². The van der Waals surface area contributed by atoms with E-state index in [9.17, 15) is 5.11 Å². The van der Waals surface area contributed by atoms with E-state index < -0.39 is 6.10 Å². The van der Waals surface area contributed by atoms with Crippen molar-refractivity contribution >= 4 is 5.95 Å². The molecule has 0 aliphatic carbocycles. The molecule has 1 aromatic carbocycles. The third-order valence-corrected chi connectivity index (χ3v) is 2.87. The summed E-state index contributed by atoms with van der Waals surface area (Å²) < 4.78 is 6.50. The first-order valence-electron chi connectivity index (χ1n) is 6.47. The molecule has 0 bridgehead atoms. The molecule has 0 spiro atoms. The minimum absolute atomic E-state index is 0.324. The Morgan fingerprint density at radius 3 is 2.80 bits per heavy atom. The van der Waals surface area contributed by atoms with Gasteiger partial charge in [0.25, 0.3) is 0 Å². The smallest absolute Gasteiger partial charge is 0.247 e. The van der Waals surface area contributed by atoms with Crippen molar-refractivity contribution in [2.24, 2.45) is 0 Å². The molecule has 20 heavy (non-hydrogen) atoms. The SMILES string of the molecule is COCC(O)CCNc1nnnn1-c1ccc(C)cc1. The van der Waals surface area contributed by atoms with Crippen LogP contribution in [-0.2, 0) is 4.74 Å². The molecule has 1 atom stereocenters. The molecule has 0 saturated heterocycles. The molecule has 0 aliphatic heterocycles. The van der Waals surface area contributed by atoms with Gasteiger partial charge in [0, 0.05) is 13.7 Å². The van der Waals surface area contributed by atoms with E-state index in [0.29, 0.717) is 25.5 Å². The van der Waals surface area contributed by atoms with Crippen LogP contribution >= 0.6 is 0 Å². The van der Waals surface area contributed by atoms with Crippen LogP contribution in [0.5, 0.6) is 0 Å². The molecule has 0 aliphatic rings.